The number of nitrogens with one attached hydrogen (secondary N) is 2. The lowest BCUT2D eigenvalue weighted by Gasteiger charge is -2.22. The molecule has 0 spiro atoms. The van der Waals surface area contributed by atoms with Crippen LogP contribution in [0.1, 0.15) is 36.6 Å². The first kappa shape index (κ1) is 19.9. The predicted molar refractivity (Wildman–Crippen MR) is 107 cm³/mol. The fourth-order valence-corrected chi connectivity index (χ4v) is 3.31. The van der Waals surface area contributed by atoms with Crippen LogP contribution in [0.4, 0.5) is 4.79 Å². The number of rotatable bonds is 5. The van der Waals surface area contributed by atoms with E-state index in [0.29, 0.717) is 10.6 Å². The Morgan fingerprint density at radius 1 is 1.14 bits per heavy atom. The number of aryl methyl sites for hydroxylation is 1. The number of hydrogen-bond donors (Lipinski definition) is 2. The molecule has 1 aliphatic rings. The zero-order chi connectivity index (χ0) is 20.5. The highest BCUT2D eigenvalue weighted by Gasteiger charge is 2.49. The fraction of sp³-hybridized carbons (Fsp3) is 0.286. The van der Waals surface area contributed by atoms with E-state index < -0.39 is 23.4 Å². The van der Waals surface area contributed by atoms with Gasteiger partial charge in [0, 0.05) is 5.02 Å². The molecule has 146 valence electrons. The van der Waals surface area contributed by atoms with Crippen LogP contribution in [0.5, 0.6) is 0 Å². The Balaban J connectivity index is 1.69. The Bertz CT molecular complexity index is 911. The lowest BCUT2D eigenvalue weighted by Crippen LogP contribution is -2.43. The van der Waals surface area contributed by atoms with Crippen LogP contribution in [0.3, 0.4) is 0 Å². The van der Waals surface area contributed by atoms with Gasteiger partial charge in [0.2, 0.25) is 5.91 Å². The van der Waals surface area contributed by atoms with Crippen LogP contribution in [0.15, 0.2) is 48.5 Å². The summed E-state index contributed by atoms with van der Waals surface area (Å²) in [6.45, 7) is 5.07. The second kappa shape index (κ2) is 7.64. The third kappa shape index (κ3) is 3.87. The van der Waals surface area contributed by atoms with E-state index >= 15 is 0 Å². The molecule has 2 atom stereocenters. The first-order valence-corrected chi connectivity index (χ1v) is 9.34. The minimum Gasteiger partial charge on any atom is -0.348 e. The maximum absolute atomic E-state index is 12.9. The van der Waals surface area contributed by atoms with Gasteiger partial charge in [0.1, 0.15) is 12.1 Å². The van der Waals surface area contributed by atoms with Gasteiger partial charge < -0.3 is 10.6 Å². The maximum Gasteiger partial charge on any atom is 0.325 e. The van der Waals surface area contributed by atoms with Crippen LogP contribution < -0.4 is 10.6 Å². The highest BCUT2D eigenvalue weighted by molar-refractivity contribution is 6.30. The van der Waals surface area contributed by atoms with Gasteiger partial charge in [-0.15, -0.1) is 0 Å². The molecule has 0 bridgehead atoms. The van der Waals surface area contributed by atoms with Crippen molar-refractivity contribution in [3.05, 3.63) is 70.2 Å². The lowest BCUT2D eigenvalue weighted by molar-refractivity contribution is -0.135. The van der Waals surface area contributed by atoms with Gasteiger partial charge in [-0.05, 0) is 44.0 Å². The van der Waals surface area contributed by atoms with Gasteiger partial charge in [-0.1, -0.05) is 53.6 Å². The summed E-state index contributed by atoms with van der Waals surface area (Å²) in [7, 11) is 0. The van der Waals surface area contributed by atoms with Crippen molar-refractivity contribution in [1.29, 1.82) is 0 Å². The minimum absolute atomic E-state index is 0.283. The molecule has 0 aromatic heterocycles. The maximum atomic E-state index is 12.9. The first-order chi connectivity index (χ1) is 13.2. The summed E-state index contributed by atoms with van der Waals surface area (Å²) in [5.74, 6) is -0.866. The molecule has 3 rings (SSSR count). The molecule has 1 heterocycles. The third-order valence-electron chi connectivity index (χ3n) is 4.95. The molecular formula is C21H22ClN3O3. The monoisotopic (exact) mass is 399 g/mol. The largest absolute Gasteiger partial charge is 0.348 e. The smallest absolute Gasteiger partial charge is 0.325 e. The molecule has 2 aromatic rings. The van der Waals surface area contributed by atoms with Crippen LogP contribution in [0, 0.1) is 6.92 Å². The van der Waals surface area contributed by atoms with E-state index in [0.717, 1.165) is 16.0 Å². The number of carbonyl (C=O) groups is 3. The Hall–Kier alpha value is -2.86. The second-order valence-electron chi connectivity index (χ2n) is 7.15. The highest BCUT2D eigenvalue weighted by Crippen LogP contribution is 2.29. The summed E-state index contributed by atoms with van der Waals surface area (Å²) in [6, 6.07) is 13.6. The topological polar surface area (TPSA) is 78.5 Å². The van der Waals surface area contributed by atoms with Gasteiger partial charge in [0.25, 0.3) is 5.91 Å². The number of carbonyl (C=O) groups excluding carboxylic acids is 3. The second-order valence-corrected chi connectivity index (χ2v) is 7.59. The molecule has 2 N–H and O–H groups in total. The van der Waals surface area contributed by atoms with E-state index in [1.165, 1.54) is 0 Å². The molecule has 1 fully saturated rings. The number of halogens is 1. The number of benzene rings is 2. The van der Waals surface area contributed by atoms with Gasteiger partial charge in [0.05, 0.1) is 6.04 Å². The minimum atomic E-state index is -1.19. The molecule has 4 amide bonds. The first-order valence-electron chi connectivity index (χ1n) is 8.97. The van der Waals surface area contributed by atoms with Crippen molar-refractivity contribution >= 4 is 29.4 Å². The van der Waals surface area contributed by atoms with E-state index in [1.54, 1.807) is 31.2 Å². The number of hydrogen-bond acceptors (Lipinski definition) is 3. The van der Waals surface area contributed by atoms with Crippen LogP contribution in [0.2, 0.25) is 5.02 Å². The molecule has 0 saturated carbocycles. The summed E-state index contributed by atoms with van der Waals surface area (Å²) in [6.07, 6.45) is 0. The molecule has 2 aromatic carbocycles. The quantitative estimate of drug-likeness (QED) is 0.757. The standard InChI is InChI=1S/C21H22ClN3O3/c1-13-4-8-16(9-5-13)21(3)19(27)25(20(28)24-21)12-18(26)23-14(2)15-6-10-17(22)11-7-15/h4-11,14H,12H2,1-3H3,(H,23,26)(H,24,28). The molecule has 0 radical (unpaired) electrons. The Kier molecular flexibility index (Phi) is 5.42. The third-order valence-corrected chi connectivity index (χ3v) is 5.21. The normalized spacial score (nSPS) is 20.1. The SMILES string of the molecule is Cc1ccc(C2(C)NC(=O)N(CC(=O)NC(C)c3ccc(Cl)cc3)C2=O)cc1. The molecule has 6 nitrogen and oxygen atoms in total. The zero-order valence-corrected chi connectivity index (χ0v) is 16.7. The van der Waals surface area contributed by atoms with E-state index in [2.05, 4.69) is 10.6 Å². The van der Waals surface area contributed by atoms with Crippen molar-refractivity contribution < 1.29 is 14.4 Å². The number of urea groups is 1. The van der Waals surface area contributed by atoms with Gasteiger partial charge in [-0.2, -0.15) is 0 Å². The highest BCUT2D eigenvalue weighted by atomic mass is 35.5. The van der Waals surface area contributed by atoms with Crippen molar-refractivity contribution in [1.82, 2.24) is 15.5 Å². The summed E-state index contributed by atoms with van der Waals surface area (Å²) < 4.78 is 0. The Labute approximate surface area is 168 Å². The molecule has 1 saturated heterocycles. The fourth-order valence-electron chi connectivity index (χ4n) is 3.19. The van der Waals surface area contributed by atoms with Crippen molar-refractivity contribution in [3.8, 4) is 0 Å². The van der Waals surface area contributed by atoms with E-state index in [-0.39, 0.29) is 12.6 Å². The van der Waals surface area contributed by atoms with Gasteiger partial charge in [-0.3, -0.25) is 14.5 Å². The van der Waals surface area contributed by atoms with Crippen molar-refractivity contribution in [2.75, 3.05) is 6.54 Å². The average molecular weight is 400 g/mol. The summed E-state index contributed by atoms with van der Waals surface area (Å²) in [4.78, 5) is 38.6. The van der Waals surface area contributed by atoms with E-state index in [9.17, 15) is 14.4 Å². The lowest BCUT2D eigenvalue weighted by atomic mass is 9.91. The molecular weight excluding hydrogens is 378 g/mol. The van der Waals surface area contributed by atoms with E-state index in [4.69, 9.17) is 11.6 Å². The van der Waals surface area contributed by atoms with Crippen LogP contribution in [-0.2, 0) is 15.1 Å². The number of amides is 4. The summed E-state index contributed by atoms with van der Waals surface area (Å²) in [5, 5.41) is 6.12. The molecule has 1 aliphatic heterocycles. The zero-order valence-electron chi connectivity index (χ0n) is 16.0. The van der Waals surface area contributed by atoms with Crippen molar-refractivity contribution in [3.63, 3.8) is 0 Å². The molecule has 7 heteroatoms. The average Bonchev–Trinajstić information content (AvgIpc) is 2.86. The Morgan fingerprint density at radius 3 is 2.36 bits per heavy atom. The van der Waals surface area contributed by atoms with Crippen molar-refractivity contribution in [2.45, 2.75) is 32.4 Å². The molecule has 2 unspecified atom stereocenters. The number of nitrogens with zero attached hydrogens (tertiary/aromatic N) is 1. The van der Waals surface area contributed by atoms with Gasteiger partial charge in [0.15, 0.2) is 0 Å². The van der Waals surface area contributed by atoms with E-state index in [1.807, 2.05) is 38.1 Å². The van der Waals surface area contributed by atoms with Crippen molar-refractivity contribution in [2.24, 2.45) is 0 Å². The summed E-state index contributed by atoms with van der Waals surface area (Å²) >= 11 is 5.88. The molecule has 28 heavy (non-hydrogen) atoms. The molecule has 0 aliphatic carbocycles. The predicted octanol–water partition coefficient (Wildman–Crippen LogP) is 3.29. The van der Waals surface area contributed by atoms with Crippen LogP contribution in [0.25, 0.3) is 0 Å². The van der Waals surface area contributed by atoms with Gasteiger partial charge >= 0.3 is 6.03 Å². The van der Waals surface area contributed by atoms with Crippen LogP contribution in [-0.4, -0.2) is 29.3 Å². The summed E-state index contributed by atoms with van der Waals surface area (Å²) in [5.41, 5.74) is 1.41. The number of imide groups is 1. The Morgan fingerprint density at radius 2 is 1.75 bits per heavy atom. The van der Waals surface area contributed by atoms with Crippen LogP contribution >= 0.6 is 11.6 Å². The van der Waals surface area contributed by atoms with Gasteiger partial charge in [-0.25, -0.2) is 4.79 Å².